The lowest BCUT2D eigenvalue weighted by Gasteiger charge is -2.01. The lowest BCUT2D eigenvalue weighted by atomic mass is 10.2. The van der Waals surface area contributed by atoms with Gasteiger partial charge in [-0.2, -0.15) is 0 Å². The van der Waals surface area contributed by atoms with Crippen molar-refractivity contribution < 1.29 is 0 Å². The first-order chi connectivity index (χ1) is 7.36. The van der Waals surface area contributed by atoms with Gasteiger partial charge in [0, 0.05) is 13.2 Å². The van der Waals surface area contributed by atoms with Crippen LogP contribution in [0.25, 0.3) is 6.08 Å². The first-order valence-electron chi connectivity index (χ1n) is 4.94. The third-order valence-electron chi connectivity index (χ3n) is 1.77. The van der Waals surface area contributed by atoms with Crippen LogP contribution in [0.4, 0.5) is 0 Å². The van der Waals surface area contributed by atoms with Crippen LogP contribution in [0.15, 0.2) is 41.5 Å². The van der Waals surface area contributed by atoms with Crippen molar-refractivity contribution in [2.75, 3.05) is 12.8 Å². The van der Waals surface area contributed by atoms with E-state index in [0.717, 1.165) is 10.9 Å². The van der Waals surface area contributed by atoms with Crippen LogP contribution in [0, 0.1) is 0 Å². The number of aliphatic imine (C=N–C) groups is 1. The molecule has 0 aliphatic carbocycles. The summed E-state index contributed by atoms with van der Waals surface area (Å²) in [5.74, 6) is 1.03. The summed E-state index contributed by atoms with van der Waals surface area (Å²) in [5, 5.41) is 4.10. The van der Waals surface area contributed by atoms with E-state index in [0.29, 0.717) is 0 Å². The van der Waals surface area contributed by atoms with Crippen molar-refractivity contribution in [3.63, 3.8) is 0 Å². The van der Waals surface area contributed by atoms with Gasteiger partial charge in [0.05, 0.1) is 0 Å². The topological polar surface area (TPSA) is 24.4 Å². The average molecular weight is 220 g/mol. The Kier molecular flexibility index (Phi) is 5.63. The van der Waals surface area contributed by atoms with Crippen LogP contribution in [0.5, 0.6) is 0 Å². The predicted octanol–water partition coefficient (Wildman–Crippen LogP) is 2.99. The molecule has 0 amide bonds. The summed E-state index contributed by atoms with van der Waals surface area (Å²) in [4.78, 5) is 4.13. The second kappa shape index (κ2) is 7.12. The van der Waals surface area contributed by atoms with Gasteiger partial charge in [-0.25, -0.2) is 0 Å². The van der Waals surface area contributed by atoms with Crippen LogP contribution in [0.1, 0.15) is 12.5 Å². The highest BCUT2D eigenvalue weighted by molar-refractivity contribution is 8.13. The van der Waals surface area contributed by atoms with Crippen molar-refractivity contribution >= 4 is 23.0 Å². The molecule has 0 saturated carbocycles. The van der Waals surface area contributed by atoms with Gasteiger partial charge in [0.25, 0.3) is 0 Å². The first-order valence-corrected chi connectivity index (χ1v) is 5.93. The molecule has 0 aliphatic heterocycles. The number of benzene rings is 1. The van der Waals surface area contributed by atoms with E-state index in [1.54, 1.807) is 18.8 Å². The second-order valence-corrected chi connectivity index (χ2v) is 4.10. The summed E-state index contributed by atoms with van der Waals surface area (Å²) >= 11 is 1.70. The highest BCUT2D eigenvalue weighted by Crippen LogP contribution is 2.02. The molecule has 15 heavy (non-hydrogen) atoms. The van der Waals surface area contributed by atoms with Crippen molar-refractivity contribution in [3.05, 3.63) is 42.1 Å². The van der Waals surface area contributed by atoms with Gasteiger partial charge in [-0.1, -0.05) is 49.0 Å². The van der Waals surface area contributed by atoms with E-state index in [1.165, 1.54) is 5.56 Å². The van der Waals surface area contributed by atoms with Crippen molar-refractivity contribution in [1.29, 1.82) is 0 Å². The third-order valence-corrected chi connectivity index (χ3v) is 2.63. The van der Waals surface area contributed by atoms with Crippen molar-refractivity contribution in [2.45, 2.75) is 6.92 Å². The minimum absolute atomic E-state index is 0.949. The molecule has 0 radical (unpaired) electrons. The van der Waals surface area contributed by atoms with Gasteiger partial charge in [0.1, 0.15) is 0 Å². The Labute approximate surface area is 95.5 Å². The highest BCUT2D eigenvalue weighted by Gasteiger charge is 1.91. The number of rotatable bonds is 3. The third kappa shape index (κ3) is 4.70. The van der Waals surface area contributed by atoms with E-state index >= 15 is 0 Å². The molecule has 0 fully saturated rings. The number of amidine groups is 1. The second-order valence-electron chi connectivity index (χ2n) is 2.85. The molecule has 0 heterocycles. The fourth-order valence-electron chi connectivity index (χ4n) is 1.08. The van der Waals surface area contributed by atoms with Gasteiger partial charge in [-0.05, 0) is 17.4 Å². The SMILES string of the molecule is CCSC(=NC)NC=Cc1ccccc1. The zero-order valence-electron chi connectivity index (χ0n) is 9.10. The van der Waals surface area contributed by atoms with E-state index in [4.69, 9.17) is 0 Å². The molecule has 2 nitrogen and oxygen atoms in total. The largest absolute Gasteiger partial charge is 0.342 e. The number of hydrogen-bond donors (Lipinski definition) is 1. The van der Waals surface area contributed by atoms with Gasteiger partial charge in [0.2, 0.25) is 0 Å². The molecule has 0 unspecified atom stereocenters. The van der Waals surface area contributed by atoms with E-state index < -0.39 is 0 Å². The van der Waals surface area contributed by atoms with Crippen LogP contribution >= 0.6 is 11.8 Å². The molecule has 0 bridgehead atoms. The van der Waals surface area contributed by atoms with Crippen LogP contribution in [0.2, 0.25) is 0 Å². The Morgan fingerprint density at radius 2 is 2.13 bits per heavy atom. The summed E-state index contributed by atoms with van der Waals surface area (Å²) in [6, 6.07) is 10.2. The molecular weight excluding hydrogens is 204 g/mol. The molecule has 1 aromatic rings. The highest BCUT2D eigenvalue weighted by atomic mass is 32.2. The number of nitrogens with zero attached hydrogens (tertiary/aromatic N) is 1. The van der Waals surface area contributed by atoms with Gasteiger partial charge in [-0.3, -0.25) is 4.99 Å². The predicted molar refractivity (Wildman–Crippen MR) is 70.1 cm³/mol. The normalized spacial score (nSPS) is 12.0. The van der Waals surface area contributed by atoms with Crippen LogP contribution in [-0.2, 0) is 0 Å². The first kappa shape index (κ1) is 11.9. The zero-order chi connectivity index (χ0) is 10.9. The minimum Gasteiger partial charge on any atom is -0.342 e. The van der Waals surface area contributed by atoms with Gasteiger partial charge >= 0.3 is 0 Å². The van der Waals surface area contributed by atoms with Crippen molar-refractivity contribution in [2.24, 2.45) is 4.99 Å². The number of nitrogens with one attached hydrogen (secondary N) is 1. The Hall–Kier alpha value is -1.22. The summed E-state index contributed by atoms with van der Waals surface area (Å²) < 4.78 is 0. The summed E-state index contributed by atoms with van der Waals surface area (Å²) in [6.45, 7) is 2.11. The average Bonchev–Trinajstić information content (AvgIpc) is 2.29. The standard InChI is InChI=1S/C12H16N2S/c1-3-15-12(13-2)14-10-9-11-7-5-4-6-8-11/h4-10H,3H2,1-2H3,(H,13,14). The van der Waals surface area contributed by atoms with Gasteiger partial charge in [-0.15, -0.1) is 0 Å². The van der Waals surface area contributed by atoms with Crippen LogP contribution in [-0.4, -0.2) is 18.0 Å². The molecule has 0 aromatic heterocycles. The fraction of sp³-hybridized carbons (Fsp3) is 0.250. The zero-order valence-corrected chi connectivity index (χ0v) is 9.92. The molecule has 1 rings (SSSR count). The quantitative estimate of drug-likeness (QED) is 0.625. The lowest BCUT2D eigenvalue weighted by molar-refractivity contribution is 1.28. The smallest absolute Gasteiger partial charge is 0.160 e. The summed E-state index contributed by atoms with van der Waals surface area (Å²) in [5.41, 5.74) is 1.18. The minimum atomic E-state index is 0.949. The fourth-order valence-corrected chi connectivity index (χ4v) is 1.63. The maximum absolute atomic E-state index is 4.13. The van der Waals surface area contributed by atoms with Crippen LogP contribution in [0.3, 0.4) is 0 Å². The molecule has 80 valence electrons. The summed E-state index contributed by atoms with van der Waals surface area (Å²) in [7, 11) is 1.79. The Balaban J connectivity index is 2.46. The summed E-state index contributed by atoms with van der Waals surface area (Å²) in [6.07, 6.45) is 3.95. The van der Waals surface area contributed by atoms with E-state index in [1.807, 2.05) is 30.5 Å². The van der Waals surface area contributed by atoms with Crippen molar-refractivity contribution in [1.82, 2.24) is 5.32 Å². The van der Waals surface area contributed by atoms with Gasteiger partial charge in [0.15, 0.2) is 5.17 Å². The molecule has 0 spiro atoms. The molecule has 1 aromatic carbocycles. The Morgan fingerprint density at radius 1 is 1.40 bits per heavy atom. The molecule has 0 aliphatic rings. The number of thioether (sulfide) groups is 1. The van der Waals surface area contributed by atoms with Crippen LogP contribution < -0.4 is 5.32 Å². The Morgan fingerprint density at radius 3 is 2.73 bits per heavy atom. The van der Waals surface area contributed by atoms with Gasteiger partial charge < -0.3 is 5.32 Å². The number of hydrogen-bond acceptors (Lipinski definition) is 2. The Bertz CT molecular complexity index is 331. The lowest BCUT2D eigenvalue weighted by Crippen LogP contribution is -2.13. The van der Waals surface area contributed by atoms with E-state index in [9.17, 15) is 0 Å². The van der Waals surface area contributed by atoms with E-state index in [2.05, 4.69) is 29.4 Å². The molecule has 1 N–H and O–H groups in total. The van der Waals surface area contributed by atoms with Crippen molar-refractivity contribution in [3.8, 4) is 0 Å². The molecule has 0 atom stereocenters. The molecular formula is C12H16N2S. The maximum Gasteiger partial charge on any atom is 0.160 e. The molecule has 3 heteroatoms. The maximum atomic E-state index is 4.13. The monoisotopic (exact) mass is 220 g/mol. The van der Waals surface area contributed by atoms with E-state index in [-0.39, 0.29) is 0 Å². The molecule has 0 saturated heterocycles.